The van der Waals surface area contributed by atoms with Crippen LogP contribution in [-0.2, 0) is 20.9 Å². The Morgan fingerprint density at radius 2 is 1.75 bits per heavy atom. The van der Waals surface area contributed by atoms with Gasteiger partial charge in [0.2, 0.25) is 0 Å². The second-order valence-electron chi connectivity index (χ2n) is 5.61. The van der Waals surface area contributed by atoms with E-state index in [1.807, 2.05) is 0 Å². The van der Waals surface area contributed by atoms with Gasteiger partial charge in [0.15, 0.2) is 0 Å². The molecule has 0 amide bonds. The summed E-state index contributed by atoms with van der Waals surface area (Å²) in [5.74, 6) is -0.679. The molecular weight excluding hydrogens is 397 g/mol. The van der Waals surface area contributed by atoms with E-state index < -0.39 is 32.6 Å². The highest BCUT2D eigenvalue weighted by Gasteiger charge is 2.37. The summed E-state index contributed by atoms with van der Waals surface area (Å²) < 4.78 is 72.0. The third-order valence-electron chi connectivity index (χ3n) is 3.62. The molecule has 2 aromatic rings. The number of nitrogens with one attached hydrogen (secondary N) is 2. The van der Waals surface area contributed by atoms with Crippen molar-refractivity contribution < 1.29 is 31.1 Å². The van der Waals surface area contributed by atoms with E-state index in [9.17, 15) is 26.4 Å². The van der Waals surface area contributed by atoms with Gasteiger partial charge in [-0.1, -0.05) is 12.1 Å². The number of hydrogen-bond acceptors (Lipinski definition) is 5. The Morgan fingerprint density at radius 3 is 2.36 bits per heavy atom. The first kappa shape index (κ1) is 21.5. The number of rotatable bonds is 7. The Balaban J connectivity index is 2.51. The van der Waals surface area contributed by atoms with Gasteiger partial charge in [-0.05, 0) is 44.2 Å². The SMILES string of the molecule is CCNc1ccc(C(=O)OCC)cc1NS(=O)(=O)c1ccccc1C(F)(F)F. The summed E-state index contributed by atoms with van der Waals surface area (Å²) in [4.78, 5) is 11.0. The van der Waals surface area contributed by atoms with Gasteiger partial charge in [-0.2, -0.15) is 13.2 Å². The molecule has 10 heteroatoms. The summed E-state index contributed by atoms with van der Waals surface area (Å²) in [6, 6.07) is 7.95. The van der Waals surface area contributed by atoms with Crippen LogP contribution in [-0.4, -0.2) is 27.5 Å². The van der Waals surface area contributed by atoms with E-state index in [0.29, 0.717) is 18.3 Å². The highest BCUT2D eigenvalue weighted by molar-refractivity contribution is 7.92. The lowest BCUT2D eigenvalue weighted by Gasteiger charge is -2.17. The third kappa shape index (κ3) is 4.94. The Bertz CT molecular complexity index is 960. The van der Waals surface area contributed by atoms with Crippen molar-refractivity contribution in [1.82, 2.24) is 0 Å². The Labute approximate surface area is 160 Å². The standard InChI is InChI=1S/C18H19F3N2O4S/c1-3-22-14-10-9-12(17(24)27-4-2)11-15(14)23-28(25,26)16-8-6-5-7-13(16)18(19,20)21/h5-11,22-23H,3-4H2,1-2H3. The van der Waals surface area contributed by atoms with Crippen molar-refractivity contribution in [3.63, 3.8) is 0 Å². The molecule has 0 aliphatic rings. The lowest BCUT2D eigenvalue weighted by Crippen LogP contribution is -2.20. The van der Waals surface area contributed by atoms with E-state index in [1.165, 1.54) is 24.3 Å². The molecular formula is C18H19F3N2O4S. The molecule has 2 rings (SSSR count). The molecule has 2 N–H and O–H groups in total. The summed E-state index contributed by atoms with van der Waals surface area (Å²) in [5, 5.41) is 2.89. The summed E-state index contributed by atoms with van der Waals surface area (Å²) in [5.41, 5.74) is -0.979. The average molecular weight is 416 g/mol. The smallest absolute Gasteiger partial charge is 0.417 e. The van der Waals surface area contributed by atoms with Crippen LogP contribution < -0.4 is 10.0 Å². The zero-order chi connectivity index (χ0) is 20.9. The average Bonchev–Trinajstić information content (AvgIpc) is 2.62. The molecule has 28 heavy (non-hydrogen) atoms. The number of benzene rings is 2. The molecule has 6 nitrogen and oxygen atoms in total. The maximum atomic E-state index is 13.2. The lowest BCUT2D eigenvalue weighted by molar-refractivity contribution is -0.139. The van der Waals surface area contributed by atoms with Crippen LogP contribution in [0.25, 0.3) is 0 Å². The van der Waals surface area contributed by atoms with E-state index >= 15 is 0 Å². The summed E-state index contributed by atoms with van der Waals surface area (Å²) >= 11 is 0. The second-order valence-corrected chi connectivity index (χ2v) is 7.26. The van der Waals surface area contributed by atoms with Crippen molar-refractivity contribution in [2.45, 2.75) is 24.9 Å². The van der Waals surface area contributed by atoms with Gasteiger partial charge in [-0.3, -0.25) is 4.72 Å². The van der Waals surface area contributed by atoms with Gasteiger partial charge < -0.3 is 10.1 Å². The van der Waals surface area contributed by atoms with Crippen molar-refractivity contribution in [1.29, 1.82) is 0 Å². The molecule has 0 aliphatic carbocycles. The molecule has 0 aromatic heterocycles. The van der Waals surface area contributed by atoms with Crippen LogP contribution in [0.15, 0.2) is 47.4 Å². The minimum atomic E-state index is -4.84. The maximum Gasteiger partial charge on any atom is 0.417 e. The van der Waals surface area contributed by atoms with Gasteiger partial charge in [0.1, 0.15) is 0 Å². The third-order valence-corrected chi connectivity index (χ3v) is 5.05. The van der Waals surface area contributed by atoms with Crippen molar-refractivity contribution in [2.75, 3.05) is 23.2 Å². The highest BCUT2D eigenvalue weighted by Crippen LogP contribution is 2.35. The van der Waals surface area contributed by atoms with E-state index in [-0.39, 0.29) is 17.9 Å². The van der Waals surface area contributed by atoms with Crippen LogP contribution in [0.3, 0.4) is 0 Å². The lowest BCUT2D eigenvalue weighted by atomic mass is 10.1. The summed E-state index contributed by atoms with van der Waals surface area (Å²) in [7, 11) is -4.58. The Morgan fingerprint density at radius 1 is 1.07 bits per heavy atom. The molecule has 0 bridgehead atoms. The number of hydrogen-bond donors (Lipinski definition) is 2. The number of carbonyl (C=O) groups excluding carboxylic acids is 1. The first-order valence-electron chi connectivity index (χ1n) is 8.34. The van der Waals surface area contributed by atoms with Crippen LogP contribution in [0.1, 0.15) is 29.8 Å². The van der Waals surface area contributed by atoms with Crippen LogP contribution >= 0.6 is 0 Å². The number of ether oxygens (including phenoxy) is 1. The highest BCUT2D eigenvalue weighted by atomic mass is 32.2. The van der Waals surface area contributed by atoms with Crippen LogP contribution in [0, 0.1) is 0 Å². The molecule has 0 fully saturated rings. The topological polar surface area (TPSA) is 84.5 Å². The number of sulfonamides is 1. The number of anilines is 2. The van der Waals surface area contributed by atoms with Crippen LogP contribution in [0.2, 0.25) is 0 Å². The van der Waals surface area contributed by atoms with Gasteiger partial charge in [0, 0.05) is 6.54 Å². The van der Waals surface area contributed by atoms with Gasteiger partial charge in [0.25, 0.3) is 10.0 Å². The number of alkyl halides is 3. The molecule has 0 atom stereocenters. The predicted octanol–water partition coefficient (Wildman–Crippen LogP) is 4.11. The molecule has 0 heterocycles. The number of carbonyl (C=O) groups is 1. The fraction of sp³-hybridized carbons (Fsp3) is 0.278. The van der Waals surface area contributed by atoms with Gasteiger partial charge in [-0.15, -0.1) is 0 Å². The minimum Gasteiger partial charge on any atom is -0.462 e. The first-order chi connectivity index (χ1) is 13.1. The monoisotopic (exact) mass is 416 g/mol. The fourth-order valence-corrected chi connectivity index (χ4v) is 3.75. The molecule has 152 valence electrons. The summed E-state index contributed by atoms with van der Waals surface area (Å²) in [6.45, 7) is 3.92. The molecule has 0 saturated carbocycles. The first-order valence-corrected chi connectivity index (χ1v) is 9.82. The molecule has 0 aliphatic heterocycles. The molecule has 0 unspecified atom stereocenters. The molecule has 2 aromatic carbocycles. The van der Waals surface area contributed by atoms with Gasteiger partial charge in [0.05, 0.1) is 34.0 Å². The van der Waals surface area contributed by atoms with Gasteiger partial charge in [-0.25, -0.2) is 13.2 Å². The van der Waals surface area contributed by atoms with Crippen molar-refractivity contribution in [3.8, 4) is 0 Å². The van der Waals surface area contributed by atoms with Crippen molar-refractivity contribution >= 4 is 27.4 Å². The van der Waals surface area contributed by atoms with E-state index in [4.69, 9.17) is 4.74 Å². The van der Waals surface area contributed by atoms with Crippen molar-refractivity contribution in [3.05, 3.63) is 53.6 Å². The quantitative estimate of drug-likeness (QED) is 0.664. The second kappa shape index (κ2) is 8.51. The van der Waals surface area contributed by atoms with Crippen LogP contribution in [0.5, 0.6) is 0 Å². The predicted molar refractivity (Wildman–Crippen MR) is 98.8 cm³/mol. The fourth-order valence-electron chi connectivity index (χ4n) is 2.45. The maximum absolute atomic E-state index is 13.2. The zero-order valence-electron chi connectivity index (χ0n) is 15.1. The molecule has 0 spiro atoms. The Hall–Kier alpha value is -2.75. The van der Waals surface area contributed by atoms with Crippen LogP contribution in [0.4, 0.5) is 24.5 Å². The molecule has 0 saturated heterocycles. The van der Waals surface area contributed by atoms with E-state index in [2.05, 4.69) is 10.0 Å². The van der Waals surface area contributed by atoms with Gasteiger partial charge >= 0.3 is 12.1 Å². The van der Waals surface area contributed by atoms with E-state index in [0.717, 1.165) is 12.1 Å². The molecule has 0 radical (unpaired) electrons. The van der Waals surface area contributed by atoms with Crippen molar-refractivity contribution in [2.24, 2.45) is 0 Å². The Kier molecular flexibility index (Phi) is 6.55. The van der Waals surface area contributed by atoms with E-state index in [1.54, 1.807) is 13.8 Å². The normalized spacial score (nSPS) is 11.8. The minimum absolute atomic E-state index is 0.0605. The zero-order valence-corrected chi connectivity index (χ0v) is 15.9. The summed E-state index contributed by atoms with van der Waals surface area (Å²) in [6.07, 6.45) is -4.84. The number of halogens is 3. The number of esters is 1. The largest absolute Gasteiger partial charge is 0.462 e.